The first kappa shape index (κ1) is 8.93. The molecule has 1 aliphatic rings. The van der Waals surface area contributed by atoms with Gasteiger partial charge in [0.05, 0.1) is 5.56 Å². The monoisotopic (exact) mass is 200 g/mol. The first-order valence-electron chi connectivity index (χ1n) is 3.91. The summed E-state index contributed by atoms with van der Waals surface area (Å²) in [7, 11) is 0. The Morgan fingerprint density at radius 3 is 2.93 bits per heavy atom. The molecular weight excluding hydrogens is 194 g/mol. The molecule has 0 aromatic heterocycles. The van der Waals surface area contributed by atoms with Crippen LogP contribution in [0, 0.1) is 0 Å². The molecule has 0 amide bonds. The molecule has 0 atom stereocenters. The van der Waals surface area contributed by atoms with Crippen LogP contribution in [-0.4, -0.2) is 12.6 Å². The van der Waals surface area contributed by atoms with Crippen LogP contribution in [0.25, 0.3) is 0 Å². The molecule has 1 aromatic rings. The van der Waals surface area contributed by atoms with E-state index < -0.39 is 12.6 Å². The van der Waals surface area contributed by atoms with Gasteiger partial charge in [0.15, 0.2) is 0 Å². The van der Waals surface area contributed by atoms with Crippen molar-refractivity contribution >= 4 is 5.97 Å². The molecule has 0 saturated carbocycles. The van der Waals surface area contributed by atoms with E-state index in [9.17, 15) is 13.6 Å². The highest BCUT2D eigenvalue weighted by Gasteiger charge is 2.21. The number of fused-ring (bicyclic) bond motifs is 1. The van der Waals surface area contributed by atoms with Gasteiger partial charge >= 0.3 is 12.6 Å². The summed E-state index contributed by atoms with van der Waals surface area (Å²) < 4.78 is 32.5. The van der Waals surface area contributed by atoms with Crippen LogP contribution in [0.5, 0.6) is 5.75 Å². The second-order valence-corrected chi connectivity index (χ2v) is 2.77. The summed E-state index contributed by atoms with van der Waals surface area (Å²) in [5, 5.41) is 0. The van der Waals surface area contributed by atoms with Crippen molar-refractivity contribution in [3.8, 4) is 5.75 Å². The van der Waals surface area contributed by atoms with E-state index in [-0.39, 0.29) is 12.4 Å². The van der Waals surface area contributed by atoms with Crippen molar-refractivity contribution in [2.24, 2.45) is 0 Å². The average molecular weight is 200 g/mol. The maximum absolute atomic E-state index is 11.8. The van der Waals surface area contributed by atoms with Gasteiger partial charge in [0, 0.05) is 5.56 Å². The second-order valence-electron chi connectivity index (χ2n) is 2.77. The lowest BCUT2D eigenvalue weighted by molar-refractivity contribution is -0.0499. The van der Waals surface area contributed by atoms with Crippen LogP contribution >= 0.6 is 0 Å². The predicted octanol–water partition coefficient (Wildman–Crippen LogP) is 1.96. The van der Waals surface area contributed by atoms with Gasteiger partial charge in [0.1, 0.15) is 12.4 Å². The minimum Gasteiger partial charge on any atom is -0.457 e. The maximum Gasteiger partial charge on any atom is 0.387 e. The molecule has 0 saturated heterocycles. The fraction of sp³-hybridized carbons (Fsp3) is 0.222. The van der Waals surface area contributed by atoms with Gasteiger partial charge in [-0.25, -0.2) is 4.79 Å². The number of alkyl halides is 2. The molecule has 2 rings (SSSR count). The Morgan fingerprint density at radius 1 is 1.43 bits per heavy atom. The molecule has 14 heavy (non-hydrogen) atoms. The molecule has 0 aliphatic carbocycles. The summed E-state index contributed by atoms with van der Waals surface area (Å²) >= 11 is 0. The third kappa shape index (κ3) is 1.53. The molecule has 5 heteroatoms. The summed E-state index contributed by atoms with van der Waals surface area (Å²) in [6, 6.07) is 4.12. The summed E-state index contributed by atoms with van der Waals surface area (Å²) in [5.74, 6) is -0.388. The minimum atomic E-state index is -2.86. The third-order valence-corrected chi connectivity index (χ3v) is 1.88. The first-order valence-corrected chi connectivity index (χ1v) is 3.91. The van der Waals surface area contributed by atoms with Crippen molar-refractivity contribution in [3.63, 3.8) is 0 Å². The Hall–Kier alpha value is -1.65. The second kappa shape index (κ2) is 3.25. The molecule has 0 unspecified atom stereocenters. The number of carbonyl (C=O) groups is 1. The Balaban J connectivity index is 2.28. The van der Waals surface area contributed by atoms with Crippen molar-refractivity contribution in [2.45, 2.75) is 13.2 Å². The van der Waals surface area contributed by atoms with Crippen LogP contribution in [-0.2, 0) is 11.3 Å². The summed E-state index contributed by atoms with van der Waals surface area (Å²) in [5.41, 5.74) is 0.986. The third-order valence-electron chi connectivity index (χ3n) is 1.88. The number of cyclic esters (lactones) is 1. The lowest BCUT2D eigenvalue weighted by Crippen LogP contribution is -2.02. The number of halogens is 2. The van der Waals surface area contributed by atoms with Crippen molar-refractivity contribution < 1.29 is 23.0 Å². The molecule has 0 fully saturated rings. The largest absolute Gasteiger partial charge is 0.457 e. The van der Waals surface area contributed by atoms with Gasteiger partial charge in [-0.2, -0.15) is 8.78 Å². The molecule has 1 aliphatic heterocycles. The number of esters is 1. The standard InChI is InChI=1S/C9H6F2O3/c10-9(11)14-6-1-2-7-5(3-6)4-13-8(7)12/h1-3,9H,4H2. The fourth-order valence-electron chi connectivity index (χ4n) is 1.29. The molecule has 0 N–H and O–H groups in total. The van der Waals surface area contributed by atoms with Gasteiger partial charge < -0.3 is 9.47 Å². The van der Waals surface area contributed by atoms with Crippen molar-refractivity contribution in [2.75, 3.05) is 0 Å². The molecule has 0 spiro atoms. The fourth-order valence-corrected chi connectivity index (χ4v) is 1.29. The molecule has 0 radical (unpaired) electrons. The lowest BCUT2D eigenvalue weighted by atomic mass is 10.1. The zero-order chi connectivity index (χ0) is 10.1. The molecule has 74 valence electrons. The molecule has 3 nitrogen and oxygen atoms in total. The van der Waals surface area contributed by atoms with Crippen molar-refractivity contribution in [1.82, 2.24) is 0 Å². The molecule has 1 aromatic carbocycles. The number of hydrogen-bond donors (Lipinski definition) is 0. The van der Waals surface area contributed by atoms with E-state index in [2.05, 4.69) is 4.74 Å². The Labute approximate surface area is 78.2 Å². The van der Waals surface area contributed by atoms with Crippen LogP contribution in [0.2, 0.25) is 0 Å². The van der Waals surface area contributed by atoms with Crippen molar-refractivity contribution in [3.05, 3.63) is 29.3 Å². The highest BCUT2D eigenvalue weighted by atomic mass is 19.3. The Morgan fingerprint density at radius 2 is 2.21 bits per heavy atom. The topological polar surface area (TPSA) is 35.5 Å². The zero-order valence-electron chi connectivity index (χ0n) is 7.00. The summed E-state index contributed by atoms with van der Waals surface area (Å²) in [6.07, 6.45) is 0. The zero-order valence-corrected chi connectivity index (χ0v) is 7.00. The summed E-state index contributed by atoms with van der Waals surface area (Å²) in [4.78, 5) is 11.0. The van der Waals surface area contributed by atoms with Crippen LogP contribution in [0.4, 0.5) is 8.78 Å². The first-order chi connectivity index (χ1) is 6.66. The quantitative estimate of drug-likeness (QED) is 0.684. The van der Waals surface area contributed by atoms with Crippen molar-refractivity contribution in [1.29, 1.82) is 0 Å². The SMILES string of the molecule is O=C1OCc2cc(OC(F)F)ccc21. The van der Waals surface area contributed by atoms with Gasteiger partial charge in [0.25, 0.3) is 0 Å². The number of rotatable bonds is 2. The number of carbonyl (C=O) groups excluding carboxylic acids is 1. The number of hydrogen-bond acceptors (Lipinski definition) is 3. The average Bonchev–Trinajstić information content (AvgIpc) is 2.46. The lowest BCUT2D eigenvalue weighted by Gasteiger charge is -2.04. The smallest absolute Gasteiger partial charge is 0.387 e. The van der Waals surface area contributed by atoms with E-state index in [1.807, 2.05) is 0 Å². The van der Waals surface area contributed by atoms with E-state index in [0.29, 0.717) is 11.1 Å². The van der Waals surface area contributed by atoms with E-state index in [1.165, 1.54) is 18.2 Å². The van der Waals surface area contributed by atoms with Gasteiger partial charge in [0.2, 0.25) is 0 Å². The summed E-state index contributed by atoms with van der Waals surface area (Å²) in [6.45, 7) is -2.74. The van der Waals surface area contributed by atoms with Gasteiger partial charge in [-0.15, -0.1) is 0 Å². The Kier molecular flexibility index (Phi) is 2.07. The number of ether oxygens (including phenoxy) is 2. The van der Waals surface area contributed by atoms with E-state index in [1.54, 1.807) is 0 Å². The maximum atomic E-state index is 11.8. The molecule has 0 bridgehead atoms. The normalized spacial score (nSPS) is 14.1. The number of benzene rings is 1. The van der Waals surface area contributed by atoms with E-state index >= 15 is 0 Å². The Bertz CT molecular complexity index is 376. The van der Waals surface area contributed by atoms with E-state index in [0.717, 1.165) is 0 Å². The highest BCUT2D eigenvalue weighted by Crippen LogP contribution is 2.25. The minimum absolute atomic E-state index is 0.0389. The van der Waals surface area contributed by atoms with Crippen LogP contribution in [0.1, 0.15) is 15.9 Å². The predicted molar refractivity (Wildman–Crippen MR) is 42.2 cm³/mol. The van der Waals surface area contributed by atoms with E-state index in [4.69, 9.17) is 4.74 Å². The molecule has 1 heterocycles. The molecular formula is C9H6F2O3. The van der Waals surface area contributed by atoms with Crippen LogP contribution in [0.3, 0.4) is 0 Å². The van der Waals surface area contributed by atoms with Gasteiger partial charge in [-0.05, 0) is 18.2 Å². The van der Waals surface area contributed by atoms with Crippen LogP contribution < -0.4 is 4.74 Å². The van der Waals surface area contributed by atoms with Gasteiger partial charge in [-0.3, -0.25) is 0 Å². The van der Waals surface area contributed by atoms with Crippen LogP contribution in [0.15, 0.2) is 18.2 Å². The highest BCUT2D eigenvalue weighted by molar-refractivity contribution is 5.93. The van der Waals surface area contributed by atoms with Gasteiger partial charge in [-0.1, -0.05) is 0 Å².